The number of ether oxygens (including phenoxy) is 2. The van der Waals surface area contributed by atoms with E-state index in [9.17, 15) is 9.90 Å². The van der Waals surface area contributed by atoms with Crippen molar-refractivity contribution in [2.24, 2.45) is 0 Å². The molecule has 0 unspecified atom stereocenters. The Morgan fingerprint density at radius 2 is 1.80 bits per heavy atom. The zero-order chi connectivity index (χ0) is 24.2. The van der Waals surface area contributed by atoms with Crippen molar-refractivity contribution < 1.29 is 23.8 Å². The third kappa shape index (κ3) is 5.01. The minimum Gasteiger partial charge on any atom is -0.497 e. The largest absolute Gasteiger partial charge is 0.497 e. The lowest BCUT2D eigenvalue weighted by Crippen LogP contribution is -2.25. The Morgan fingerprint density at radius 1 is 1.06 bits per heavy atom. The van der Waals surface area contributed by atoms with Crippen LogP contribution in [-0.4, -0.2) is 49.5 Å². The Hall–Kier alpha value is -4.21. The van der Waals surface area contributed by atoms with Crippen LogP contribution in [0.2, 0.25) is 0 Å². The lowest BCUT2D eigenvalue weighted by Gasteiger charge is -2.29. The Kier molecular flexibility index (Phi) is 6.42. The quantitative estimate of drug-likeness (QED) is 0.399. The van der Waals surface area contributed by atoms with Gasteiger partial charge in [0.05, 0.1) is 13.7 Å². The number of aromatic nitrogens is 5. The van der Waals surface area contributed by atoms with Crippen molar-refractivity contribution >= 4 is 5.97 Å². The van der Waals surface area contributed by atoms with E-state index < -0.39 is 5.97 Å². The standard InChI is InChI=1S/C25H25N5O5/c1-33-20-10-2-16(3-11-20)14-30-24(22(25(31)32)27-29-30)35-21-12-8-18(9-13-21)17-4-6-19(7-5-17)23-28-26-15-34-23/h2-7,10-11,15,18,21H,8-9,12-14H2,1H3,(H,31,32)/t18-,21-. The van der Waals surface area contributed by atoms with E-state index in [-0.39, 0.29) is 17.7 Å². The van der Waals surface area contributed by atoms with E-state index in [1.807, 2.05) is 36.4 Å². The molecule has 10 heteroatoms. The maximum absolute atomic E-state index is 11.7. The zero-order valence-electron chi connectivity index (χ0n) is 19.2. The summed E-state index contributed by atoms with van der Waals surface area (Å²) in [5.41, 5.74) is 2.91. The van der Waals surface area contributed by atoms with Crippen LogP contribution in [0.5, 0.6) is 11.6 Å². The van der Waals surface area contributed by atoms with Gasteiger partial charge in [-0.15, -0.1) is 15.3 Å². The predicted molar refractivity (Wildman–Crippen MR) is 124 cm³/mol. The van der Waals surface area contributed by atoms with E-state index in [1.165, 1.54) is 16.6 Å². The Morgan fingerprint density at radius 3 is 2.43 bits per heavy atom. The van der Waals surface area contributed by atoms with Crippen molar-refractivity contribution in [2.45, 2.75) is 44.2 Å². The van der Waals surface area contributed by atoms with Gasteiger partial charge in [0.1, 0.15) is 11.9 Å². The Labute approximate surface area is 201 Å². The molecule has 1 fully saturated rings. The van der Waals surface area contributed by atoms with Crippen molar-refractivity contribution in [1.82, 2.24) is 25.2 Å². The molecule has 5 rings (SSSR count). The molecule has 0 bridgehead atoms. The summed E-state index contributed by atoms with van der Waals surface area (Å²) in [6, 6.07) is 15.7. The number of nitrogens with zero attached hydrogens (tertiary/aromatic N) is 5. The van der Waals surface area contributed by atoms with Crippen molar-refractivity contribution in [1.29, 1.82) is 0 Å². The van der Waals surface area contributed by atoms with Gasteiger partial charge in [-0.05, 0) is 67.0 Å². The summed E-state index contributed by atoms with van der Waals surface area (Å²) in [6.45, 7) is 0.349. The molecule has 0 spiro atoms. The van der Waals surface area contributed by atoms with Gasteiger partial charge in [-0.3, -0.25) is 0 Å². The van der Waals surface area contributed by atoms with E-state index >= 15 is 0 Å². The Balaban J connectivity index is 1.24. The number of carbonyl (C=O) groups is 1. The number of carboxylic acids is 1. The number of hydrogen-bond acceptors (Lipinski definition) is 8. The van der Waals surface area contributed by atoms with E-state index in [4.69, 9.17) is 13.9 Å². The van der Waals surface area contributed by atoms with Crippen molar-refractivity contribution in [3.05, 3.63) is 71.7 Å². The van der Waals surface area contributed by atoms with Gasteiger partial charge in [0.25, 0.3) is 0 Å². The average molecular weight is 476 g/mol. The number of carboxylic acid groups (broad SMARTS) is 1. The van der Waals surface area contributed by atoms with Crippen LogP contribution in [0.25, 0.3) is 11.5 Å². The highest BCUT2D eigenvalue weighted by atomic mass is 16.5. The molecule has 35 heavy (non-hydrogen) atoms. The zero-order valence-corrected chi connectivity index (χ0v) is 19.2. The number of benzene rings is 2. The van der Waals surface area contributed by atoms with Crippen molar-refractivity contribution in [3.8, 4) is 23.1 Å². The van der Waals surface area contributed by atoms with Crippen molar-refractivity contribution in [3.63, 3.8) is 0 Å². The third-order valence-electron chi connectivity index (χ3n) is 6.33. The molecule has 0 saturated heterocycles. The molecule has 1 saturated carbocycles. The van der Waals surface area contributed by atoms with Crippen LogP contribution in [0.15, 0.2) is 59.3 Å². The van der Waals surface area contributed by atoms with Crippen molar-refractivity contribution in [2.75, 3.05) is 7.11 Å². The molecule has 0 radical (unpaired) electrons. The molecule has 0 aliphatic heterocycles. The summed E-state index contributed by atoms with van der Waals surface area (Å²) in [5.74, 6) is 0.698. The molecule has 0 atom stereocenters. The smallest absolute Gasteiger partial charge is 0.362 e. The average Bonchev–Trinajstić information content (AvgIpc) is 3.56. The highest BCUT2D eigenvalue weighted by molar-refractivity contribution is 5.87. The second kappa shape index (κ2) is 9.96. The first kappa shape index (κ1) is 22.6. The van der Waals surface area contributed by atoms with E-state index in [2.05, 4.69) is 32.6 Å². The second-order valence-corrected chi connectivity index (χ2v) is 8.51. The molecule has 1 aliphatic carbocycles. The molecule has 2 aromatic heterocycles. The number of hydrogen-bond donors (Lipinski definition) is 1. The molecule has 1 N–H and O–H groups in total. The first-order chi connectivity index (χ1) is 17.1. The van der Waals surface area contributed by atoms with Gasteiger partial charge in [0.15, 0.2) is 0 Å². The minimum absolute atomic E-state index is 0.102. The third-order valence-corrected chi connectivity index (χ3v) is 6.33. The minimum atomic E-state index is -1.16. The SMILES string of the molecule is COc1ccc(Cn2nnc(C(=O)O)c2O[C@H]2CC[C@H](c3ccc(-c4nnco4)cc3)CC2)cc1. The van der Waals surface area contributed by atoms with Crippen LogP contribution in [0.3, 0.4) is 0 Å². The van der Waals surface area contributed by atoms with Crippen LogP contribution in [-0.2, 0) is 6.54 Å². The topological polar surface area (TPSA) is 125 Å². The van der Waals surface area contributed by atoms with Gasteiger partial charge in [-0.1, -0.05) is 29.5 Å². The van der Waals surface area contributed by atoms with Gasteiger partial charge >= 0.3 is 5.97 Å². The van der Waals surface area contributed by atoms with Gasteiger partial charge in [0, 0.05) is 5.56 Å². The van der Waals surface area contributed by atoms with Crippen LogP contribution < -0.4 is 9.47 Å². The van der Waals surface area contributed by atoms with Gasteiger partial charge < -0.3 is 19.0 Å². The van der Waals surface area contributed by atoms with Crippen LogP contribution >= 0.6 is 0 Å². The molecule has 1 aliphatic rings. The van der Waals surface area contributed by atoms with E-state index in [0.29, 0.717) is 18.4 Å². The number of methoxy groups -OCH3 is 1. The lowest BCUT2D eigenvalue weighted by molar-refractivity contribution is 0.0676. The second-order valence-electron chi connectivity index (χ2n) is 8.51. The van der Waals surface area contributed by atoms with Crippen LogP contribution in [0.1, 0.15) is 53.2 Å². The maximum atomic E-state index is 11.7. The molecule has 10 nitrogen and oxygen atoms in total. The first-order valence-corrected chi connectivity index (χ1v) is 11.4. The lowest BCUT2D eigenvalue weighted by atomic mass is 9.82. The summed E-state index contributed by atoms with van der Waals surface area (Å²) in [5, 5.41) is 25.2. The maximum Gasteiger partial charge on any atom is 0.362 e. The van der Waals surface area contributed by atoms with E-state index in [1.54, 1.807) is 7.11 Å². The summed E-state index contributed by atoms with van der Waals surface area (Å²) < 4.78 is 18.2. The van der Waals surface area contributed by atoms with Crippen LogP contribution in [0.4, 0.5) is 0 Å². The molecular formula is C25H25N5O5. The van der Waals surface area contributed by atoms with E-state index in [0.717, 1.165) is 42.6 Å². The highest BCUT2D eigenvalue weighted by Crippen LogP contribution is 2.35. The number of aromatic carboxylic acids is 1. The fourth-order valence-electron chi connectivity index (χ4n) is 4.43. The highest BCUT2D eigenvalue weighted by Gasteiger charge is 2.28. The molecule has 2 aromatic carbocycles. The number of rotatable bonds is 8. The van der Waals surface area contributed by atoms with Gasteiger partial charge in [-0.25, -0.2) is 9.48 Å². The summed E-state index contributed by atoms with van der Waals surface area (Å²) in [4.78, 5) is 11.7. The normalized spacial score (nSPS) is 17.7. The monoisotopic (exact) mass is 475 g/mol. The Bertz CT molecular complexity index is 1260. The van der Waals surface area contributed by atoms with Crippen LogP contribution in [0, 0.1) is 0 Å². The predicted octanol–water partition coefficient (Wildman–Crippen LogP) is 4.19. The fourth-order valence-corrected chi connectivity index (χ4v) is 4.43. The van der Waals surface area contributed by atoms with Gasteiger partial charge in [-0.2, -0.15) is 0 Å². The van der Waals surface area contributed by atoms with Gasteiger partial charge in [0.2, 0.25) is 23.9 Å². The molecule has 180 valence electrons. The first-order valence-electron chi connectivity index (χ1n) is 11.4. The summed E-state index contributed by atoms with van der Waals surface area (Å²) in [6.07, 6.45) is 4.71. The fraction of sp³-hybridized carbons (Fsp3) is 0.320. The molecule has 2 heterocycles. The molecule has 4 aromatic rings. The summed E-state index contributed by atoms with van der Waals surface area (Å²) in [7, 11) is 1.61. The molecule has 0 amide bonds. The summed E-state index contributed by atoms with van der Waals surface area (Å²) >= 11 is 0. The molecular weight excluding hydrogens is 450 g/mol.